The van der Waals surface area contributed by atoms with Crippen LogP contribution in [-0.2, 0) is 14.6 Å². The summed E-state index contributed by atoms with van der Waals surface area (Å²) in [5.74, 6) is -1.18. The largest absolute Gasteiger partial charge is 0.349 e. The van der Waals surface area contributed by atoms with Gasteiger partial charge in [0.15, 0.2) is 9.84 Å². The number of benzene rings is 1. The maximum absolute atomic E-state index is 12.2. The molecule has 0 saturated carbocycles. The summed E-state index contributed by atoms with van der Waals surface area (Å²) in [4.78, 5) is 16.0. The molecule has 1 atom stereocenters. The highest BCUT2D eigenvalue weighted by Crippen LogP contribution is 2.16. The number of aromatic nitrogens is 1. The Bertz CT molecular complexity index is 746. The van der Waals surface area contributed by atoms with Gasteiger partial charge in [-0.1, -0.05) is 17.7 Å². The van der Waals surface area contributed by atoms with Crippen LogP contribution in [0.15, 0.2) is 53.7 Å². The number of sulfone groups is 1. The summed E-state index contributed by atoms with van der Waals surface area (Å²) in [5, 5.41) is 3.09. The summed E-state index contributed by atoms with van der Waals surface area (Å²) in [6.45, 7) is 1.77. The first-order valence-electron chi connectivity index (χ1n) is 6.56. The zero-order valence-corrected chi connectivity index (χ0v) is 13.4. The van der Waals surface area contributed by atoms with E-state index < -0.39 is 21.5 Å². The Labute approximate surface area is 134 Å². The molecular weight excluding hydrogens is 324 g/mol. The molecule has 1 aromatic carbocycles. The second-order valence-electron chi connectivity index (χ2n) is 4.79. The van der Waals surface area contributed by atoms with Crippen LogP contribution >= 0.6 is 11.6 Å². The van der Waals surface area contributed by atoms with Crippen LogP contribution in [0.3, 0.4) is 0 Å². The number of pyridine rings is 1. The molecule has 5 nitrogen and oxygen atoms in total. The summed E-state index contributed by atoms with van der Waals surface area (Å²) in [7, 11) is -3.69. The summed E-state index contributed by atoms with van der Waals surface area (Å²) >= 11 is 5.72. The van der Waals surface area contributed by atoms with E-state index in [0.29, 0.717) is 5.02 Å². The minimum atomic E-state index is -3.69. The Hall–Kier alpha value is -1.92. The van der Waals surface area contributed by atoms with E-state index in [1.807, 2.05) is 6.07 Å². The van der Waals surface area contributed by atoms with E-state index in [9.17, 15) is 13.2 Å². The van der Waals surface area contributed by atoms with Gasteiger partial charge in [0.1, 0.15) is 5.75 Å². The van der Waals surface area contributed by atoms with Crippen molar-refractivity contribution >= 4 is 27.3 Å². The SMILES string of the molecule is C[C@@H](NC(=O)CS(=O)(=O)c1ccc(Cl)cc1)c1cccnc1. The van der Waals surface area contributed by atoms with Crippen molar-refractivity contribution in [3.05, 3.63) is 59.4 Å². The third kappa shape index (κ3) is 4.29. The molecule has 1 aromatic heterocycles. The first kappa shape index (κ1) is 16.5. The van der Waals surface area contributed by atoms with Crippen molar-refractivity contribution in [2.24, 2.45) is 0 Å². The van der Waals surface area contributed by atoms with Crippen molar-refractivity contribution in [3.63, 3.8) is 0 Å². The summed E-state index contributed by atoms with van der Waals surface area (Å²) < 4.78 is 24.3. The first-order chi connectivity index (χ1) is 10.4. The Balaban J connectivity index is 2.03. The van der Waals surface area contributed by atoms with Gasteiger partial charge in [0.05, 0.1) is 10.9 Å². The Kier molecular flexibility index (Phi) is 5.15. The van der Waals surface area contributed by atoms with Crippen molar-refractivity contribution in [1.82, 2.24) is 10.3 Å². The number of rotatable bonds is 5. The highest BCUT2D eigenvalue weighted by Gasteiger charge is 2.20. The molecule has 1 N–H and O–H groups in total. The van der Waals surface area contributed by atoms with Gasteiger partial charge in [-0.15, -0.1) is 0 Å². The van der Waals surface area contributed by atoms with Crippen LogP contribution in [0.1, 0.15) is 18.5 Å². The molecule has 1 amide bonds. The number of hydrogen-bond acceptors (Lipinski definition) is 4. The number of carbonyl (C=O) groups excluding carboxylic acids is 1. The fraction of sp³-hybridized carbons (Fsp3) is 0.200. The molecule has 0 saturated heterocycles. The highest BCUT2D eigenvalue weighted by molar-refractivity contribution is 7.92. The number of nitrogens with zero attached hydrogens (tertiary/aromatic N) is 1. The second-order valence-corrected chi connectivity index (χ2v) is 7.21. The van der Waals surface area contributed by atoms with Crippen LogP contribution in [0.5, 0.6) is 0 Å². The lowest BCUT2D eigenvalue weighted by Crippen LogP contribution is -2.32. The lowest BCUT2D eigenvalue weighted by molar-refractivity contribution is -0.119. The lowest BCUT2D eigenvalue weighted by atomic mass is 10.1. The van der Waals surface area contributed by atoms with E-state index >= 15 is 0 Å². The molecule has 2 aromatic rings. The number of nitrogens with one attached hydrogen (secondary N) is 1. The van der Waals surface area contributed by atoms with Crippen LogP contribution in [0.25, 0.3) is 0 Å². The van der Waals surface area contributed by atoms with E-state index in [4.69, 9.17) is 11.6 Å². The van der Waals surface area contributed by atoms with Gasteiger partial charge in [0, 0.05) is 17.4 Å². The van der Waals surface area contributed by atoms with Crippen LogP contribution in [0, 0.1) is 0 Å². The normalized spacial score (nSPS) is 12.6. The minimum absolute atomic E-state index is 0.0704. The number of hydrogen-bond donors (Lipinski definition) is 1. The maximum atomic E-state index is 12.2. The van der Waals surface area contributed by atoms with Gasteiger partial charge in [-0.05, 0) is 42.8 Å². The molecule has 7 heteroatoms. The van der Waals surface area contributed by atoms with Crippen LogP contribution < -0.4 is 5.32 Å². The Morgan fingerprint density at radius 2 is 1.95 bits per heavy atom. The third-order valence-corrected chi connectivity index (χ3v) is 4.94. The van der Waals surface area contributed by atoms with Crippen LogP contribution in [0.4, 0.5) is 0 Å². The summed E-state index contributed by atoms with van der Waals surface area (Å²) in [6, 6.07) is 8.97. The van der Waals surface area contributed by atoms with Gasteiger partial charge < -0.3 is 5.32 Å². The van der Waals surface area contributed by atoms with E-state index in [2.05, 4.69) is 10.3 Å². The van der Waals surface area contributed by atoms with Gasteiger partial charge in [-0.25, -0.2) is 8.42 Å². The molecule has 22 heavy (non-hydrogen) atoms. The minimum Gasteiger partial charge on any atom is -0.349 e. The zero-order valence-electron chi connectivity index (χ0n) is 11.9. The van der Waals surface area contributed by atoms with E-state index in [1.54, 1.807) is 25.4 Å². The molecule has 0 bridgehead atoms. The second kappa shape index (κ2) is 6.89. The fourth-order valence-corrected chi connectivity index (χ4v) is 3.17. The molecule has 0 aliphatic carbocycles. The quantitative estimate of drug-likeness (QED) is 0.908. The van der Waals surface area contributed by atoms with Gasteiger partial charge in [0.2, 0.25) is 5.91 Å². The van der Waals surface area contributed by atoms with E-state index in [-0.39, 0.29) is 10.9 Å². The molecule has 0 unspecified atom stereocenters. The van der Waals surface area contributed by atoms with Gasteiger partial charge in [-0.2, -0.15) is 0 Å². The standard InChI is InChI=1S/C15H15ClN2O3S/c1-11(12-3-2-8-17-9-12)18-15(19)10-22(20,21)14-6-4-13(16)5-7-14/h2-9,11H,10H2,1H3,(H,18,19)/t11-/m1/s1. The summed E-state index contributed by atoms with van der Waals surface area (Å²) in [5.41, 5.74) is 0.805. The van der Waals surface area contributed by atoms with Crippen LogP contribution in [0.2, 0.25) is 5.02 Å². The van der Waals surface area contributed by atoms with Gasteiger partial charge in [0.25, 0.3) is 0 Å². The monoisotopic (exact) mass is 338 g/mol. The molecule has 1 heterocycles. The van der Waals surface area contributed by atoms with Crippen molar-refractivity contribution in [1.29, 1.82) is 0 Å². The Morgan fingerprint density at radius 3 is 2.55 bits per heavy atom. The average molecular weight is 339 g/mol. The predicted octanol–water partition coefficient (Wildman–Crippen LogP) is 2.39. The molecule has 0 radical (unpaired) electrons. The Morgan fingerprint density at radius 1 is 1.27 bits per heavy atom. The molecule has 0 aliphatic rings. The summed E-state index contributed by atoms with van der Waals surface area (Å²) in [6.07, 6.45) is 3.25. The first-order valence-corrected chi connectivity index (χ1v) is 8.59. The maximum Gasteiger partial charge on any atom is 0.236 e. The van der Waals surface area contributed by atoms with E-state index in [0.717, 1.165) is 5.56 Å². The topological polar surface area (TPSA) is 76.1 Å². The van der Waals surface area contributed by atoms with E-state index in [1.165, 1.54) is 24.3 Å². The smallest absolute Gasteiger partial charge is 0.236 e. The number of halogens is 1. The third-order valence-electron chi connectivity index (χ3n) is 3.06. The average Bonchev–Trinajstić information content (AvgIpc) is 2.48. The lowest BCUT2D eigenvalue weighted by Gasteiger charge is -2.14. The number of amides is 1. The fourth-order valence-electron chi connectivity index (χ4n) is 1.90. The molecule has 0 spiro atoms. The predicted molar refractivity (Wildman–Crippen MR) is 84.3 cm³/mol. The zero-order chi connectivity index (χ0) is 16.2. The van der Waals surface area contributed by atoms with Crippen molar-refractivity contribution in [2.45, 2.75) is 17.9 Å². The van der Waals surface area contributed by atoms with Gasteiger partial charge in [-0.3, -0.25) is 9.78 Å². The van der Waals surface area contributed by atoms with Crippen molar-refractivity contribution in [2.75, 3.05) is 5.75 Å². The van der Waals surface area contributed by atoms with Gasteiger partial charge >= 0.3 is 0 Å². The molecule has 116 valence electrons. The number of carbonyl (C=O) groups is 1. The molecule has 0 aliphatic heterocycles. The molecule has 0 fully saturated rings. The van der Waals surface area contributed by atoms with Crippen molar-refractivity contribution in [3.8, 4) is 0 Å². The van der Waals surface area contributed by atoms with Crippen molar-refractivity contribution < 1.29 is 13.2 Å². The van der Waals surface area contributed by atoms with Crippen LogP contribution in [-0.4, -0.2) is 25.1 Å². The molecule has 2 rings (SSSR count). The molecular formula is C15H15ClN2O3S. The highest BCUT2D eigenvalue weighted by atomic mass is 35.5.